The van der Waals surface area contributed by atoms with Crippen molar-refractivity contribution in [1.82, 2.24) is 4.90 Å². The van der Waals surface area contributed by atoms with Gasteiger partial charge in [-0.15, -0.1) is 0 Å². The lowest BCUT2D eigenvalue weighted by atomic mass is 10.2. The first-order chi connectivity index (χ1) is 5.36. The molecular formula is C8H17N3. The lowest BCUT2D eigenvalue weighted by Gasteiger charge is -2.15. The van der Waals surface area contributed by atoms with Crippen LogP contribution >= 0.6 is 0 Å². The highest BCUT2D eigenvalue weighted by Crippen LogP contribution is 2.06. The summed E-state index contributed by atoms with van der Waals surface area (Å²) in [5, 5.41) is 3.77. The van der Waals surface area contributed by atoms with E-state index in [1.54, 1.807) is 0 Å². The average molecular weight is 155 g/mol. The largest absolute Gasteiger partial charge is 0.323 e. The maximum Gasteiger partial charge on any atom is 0.0389 e. The van der Waals surface area contributed by atoms with Crippen molar-refractivity contribution in [2.45, 2.75) is 26.2 Å². The van der Waals surface area contributed by atoms with Crippen molar-refractivity contribution in [2.75, 3.05) is 19.6 Å². The number of hydrogen-bond acceptors (Lipinski definition) is 3. The molecule has 1 aliphatic rings. The van der Waals surface area contributed by atoms with Crippen LogP contribution in [0.25, 0.3) is 0 Å². The van der Waals surface area contributed by atoms with Gasteiger partial charge in [-0.3, -0.25) is 0 Å². The summed E-state index contributed by atoms with van der Waals surface area (Å²) in [6.07, 6.45) is 3.36. The average Bonchev–Trinajstić information content (AvgIpc) is 2.28. The van der Waals surface area contributed by atoms with E-state index in [-0.39, 0.29) is 0 Å². The Kier molecular flexibility index (Phi) is 3.36. The molecule has 0 aromatic carbocycles. The van der Waals surface area contributed by atoms with Crippen LogP contribution in [0.5, 0.6) is 0 Å². The van der Waals surface area contributed by atoms with Crippen molar-refractivity contribution < 1.29 is 0 Å². The van der Waals surface area contributed by atoms with E-state index < -0.39 is 0 Å². The fourth-order valence-electron chi connectivity index (χ4n) is 1.48. The van der Waals surface area contributed by atoms with Gasteiger partial charge in [0.05, 0.1) is 0 Å². The van der Waals surface area contributed by atoms with Crippen molar-refractivity contribution in [3.05, 3.63) is 0 Å². The third-order valence-corrected chi connectivity index (χ3v) is 2.29. The minimum atomic E-state index is 1.06. The van der Waals surface area contributed by atoms with Gasteiger partial charge in [0.2, 0.25) is 0 Å². The Balaban J connectivity index is 2.39. The predicted molar refractivity (Wildman–Crippen MR) is 47.6 cm³/mol. The number of rotatable bonds is 1. The molecule has 2 N–H and O–H groups in total. The second-order valence-corrected chi connectivity index (χ2v) is 2.98. The lowest BCUT2D eigenvalue weighted by Crippen LogP contribution is -2.24. The second kappa shape index (κ2) is 4.34. The molecule has 0 aliphatic carbocycles. The first kappa shape index (κ1) is 8.53. The van der Waals surface area contributed by atoms with E-state index in [1.165, 1.54) is 18.7 Å². The summed E-state index contributed by atoms with van der Waals surface area (Å²) in [4.78, 5) is 2.44. The van der Waals surface area contributed by atoms with Crippen molar-refractivity contribution >= 4 is 5.71 Å². The third kappa shape index (κ3) is 2.50. The minimum absolute atomic E-state index is 1.06. The van der Waals surface area contributed by atoms with E-state index in [9.17, 15) is 0 Å². The molecule has 1 heterocycles. The molecule has 0 atom stereocenters. The molecule has 3 heteroatoms. The van der Waals surface area contributed by atoms with Gasteiger partial charge in [-0.05, 0) is 25.9 Å². The van der Waals surface area contributed by atoms with Gasteiger partial charge >= 0.3 is 0 Å². The van der Waals surface area contributed by atoms with Crippen molar-refractivity contribution in [3.63, 3.8) is 0 Å². The fourth-order valence-corrected chi connectivity index (χ4v) is 1.48. The number of hydrazone groups is 1. The summed E-state index contributed by atoms with van der Waals surface area (Å²) in [6, 6.07) is 0. The monoisotopic (exact) mass is 155 g/mol. The molecule has 1 rings (SSSR count). The van der Waals surface area contributed by atoms with Crippen molar-refractivity contribution in [3.8, 4) is 0 Å². The van der Waals surface area contributed by atoms with Crippen LogP contribution in [0.3, 0.4) is 0 Å². The topological polar surface area (TPSA) is 41.6 Å². The maximum absolute atomic E-state index is 5.23. The Morgan fingerprint density at radius 2 is 2.27 bits per heavy atom. The summed E-state index contributed by atoms with van der Waals surface area (Å²) >= 11 is 0. The van der Waals surface area contributed by atoms with E-state index in [4.69, 9.17) is 5.84 Å². The molecule has 1 saturated heterocycles. The molecule has 0 bridgehead atoms. The Bertz CT molecular complexity index is 142. The summed E-state index contributed by atoms with van der Waals surface area (Å²) < 4.78 is 0. The summed E-state index contributed by atoms with van der Waals surface area (Å²) in [5.41, 5.74) is 1.18. The molecular weight excluding hydrogens is 138 g/mol. The highest BCUT2D eigenvalue weighted by Gasteiger charge is 2.10. The van der Waals surface area contributed by atoms with Crippen LogP contribution in [0, 0.1) is 0 Å². The zero-order valence-electron chi connectivity index (χ0n) is 7.21. The van der Waals surface area contributed by atoms with Crippen LogP contribution in [0.4, 0.5) is 0 Å². The molecule has 0 saturated carbocycles. The molecule has 0 spiro atoms. The normalized spacial score (nSPS) is 25.4. The lowest BCUT2D eigenvalue weighted by molar-refractivity contribution is 0.303. The number of likely N-dealkylation sites (tertiary alicyclic amines) is 1. The molecule has 64 valence electrons. The molecule has 3 nitrogen and oxygen atoms in total. The Morgan fingerprint density at radius 1 is 1.45 bits per heavy atom. The van der Waals surface area contributed by atoms with Crippen molar-refractivity contribution in [1.29, 1.82) is 0 Å². The molecule has 0 aromatic heterocycles. The highest BCUT2D eigenvalue weighted by atomic mass is 15.1. The molecule has 1 aliphatic heterocycles. The van der Waals surface area contributed by atoms with Crippen LogP contribution in [0.1, 0.15) is 26.2 Å². The first-order valence-electron chi connectivity index (χ1n) is 4.34. The van der Waals surface area contributed by atoms with Crippen LogP contribution in [-0.4, -0.2) is 30.2 Å². The van der Waals surface area contributed by atoms with Gasteiger partial charge in [0, 0.05) is 18.7 Å². The maximum atomic E-state index is 5.23. The Hall–Kier alpha value is -0.570. The molecule has 0 aromatic rings. The van der Waals surface area contributed by atoms with E-state index in [1.807, 2.05) is 0 Å². The van der Waals surface area contributed by atoms with Gasteiger partial charge in [-0.1, -0.05) is 6.92 Å². The van der Waals surface area contributed by atoms with Crippen LogP contribution in [-0.2, 0) is 0 Å². The molecule has 0 amide bonds. The molecule has 1 fully saturated rings. The van der Waals surface area contributed by atoms with E-state index in [0.29, 0.717) is 0 Å². The van der Waals surface area contributed by atoms with Crippen molar-refractivity contribution in [2.24, 2.45) is 10.9 Å². The first-order valence-corrected chi connectivity index (χ1v) is 4.34. The number of nitrogens with zero attached hydrogens (tertiary/aromatic N) is 2. The smallest absolute Gasteiger partial charge is 0.0389 e. The van der Waals surface area contributed by atoms with Crippen LogP contribution in [0.2, 0.25) is 0 Å². The molecule has 0 radical (unpaired) electrons. The van der Waals surface area contributed by atoms with E-state index in [0.717, 1.165) is 25.9 Å². The number of nitrogens with two attached hydrogens (primary N) is 1. The van der Waals surface area contributed by atoms with E-state index >= 15 is 0 Å². The van der Waals surface area contributed by atoms with Gasteiger partial charge < -0.3 is 10.7 Å². The summed E-state index contributed by atoms with van der Waals surface area (Å²) in [5.74, 6) is 5.23. The van der Waals surface area contributed by atoms with Gasteiger partial charge in [-0.2, -0.15) is 5.10 Å². The number of hydrogen-bond donors (Lipinski definition) is 1. The van der Waals surface area contributed by atoms with Crippen LogP contribution in [0.15, 0.2) is 5.10 Å². The fraction of sp³-hybridized carbons (Fsp3) is 0.875. The van der Waals surface area contributed by atoms with Gasteiger partial charge in [0.1, 0.15) is 0 Å². The summed E-state index contributed by atoms with van der Waals surface area (Å²) in [7, 11) is 0. The Labute approximate surface area is 68.3 Å². The Morgan fingerprint density at radius 3 is 2.91 bits per heavy atom. The zero-order valence-corrected chi connectivity index (χ0v) is 7.21. The predicted octanol–water partition coefficient (Wildman–Crippen LogP) is 0.807. The standard InChI is InChI=1S/C8H17N3/c1-2-11-6-3-4-8(10-9)5-7-11/h2-7,9H2,1H3/b10-8+. The van der Waals surface area contributed by atoms with Gasteiger partial charge in [0.15, 0.2) is 0 Å². The van der Waals surface area contributed by atoms with Crippen LogP contribution < -0.4 is 5.84 Å². The zero-order chi connectivity index (χ0) is 8.10. The van der Waals surface area contributed by atoms with Gasteiger partial charge in [0.25, 0.3) is 0 Å². The summed E-state index contributed by atoms with van der Waals surface area (Å²) in [6.45, 7) is 5.69. The third-order valence-electron chi connectivity index (χ3n) is 2.29. The minimum Gasteiger partial charge on any atom is -0.323 e. The van der Waals surface area contributed by atoms with Gasteiger partial charge in [-0.25, -0.2) is 0 Å². The second-order valence-electron chi connectivity index (χ2n) is 2.98. The molecule has 0 unspecified atom stereocenters. The quantitative estimate of drug-likeness (QED) is 0.449. The highest BCUT2D eigenvalue weighted by molar-refractivity contribution is 5.84. The van der Waals surface area contributed by atoms with E-state index in [2.05, 4.69) is 16.9 Å². The SMILES string of the molecule is CCN1CCC/C(=N\N)CC1. The molecule has 11 heavy (non-hydrogen) atoms.